The Morgan fingerprint density at radius 2 is 2.04 bits per heavy atom. The summed E-state index contributed by atoms with van der Waals surface area (Å²) in [5.74, 6) is 1.90. The van der Waals surface area contributed by atoms with Gasteiger partial charge in [-0.3, -0.25) is 4.79 Å². The highest BCUT2D eigenvalue weighted by molar-refractivity contribution is 9.10. The summed E-state index contributed by atoms with van der Waals surface area (Å²) < 4.78 is 16.9. The van der Waals surface area contributed by atoms with Crippen molar-refractivity contribution in [2.45, 2.75) is 13.5 Å². The van der Waals surface area contributed by atoms with Gasteiger partial charge in [0.2, 0.25) is 6.79 Å². The molecular formula is C17H16BrNO4. The van der Waals surface area contributed by atoms with Gasteiger partial charge in [-0.25, -0.2) is 0 Å². The van der Waals surface area contributed by atoms with Crippen LogP contribution in [0.2, 0.25) is 0 Å². The van der Waals surface area contributed by atoms with E-state index in [4.69, 9.17) is 14.2 Å². The van der Waals surface area contributed by atoms with Gasteiger partial charge in [0.05, 0.1) is 4.47 Å². The van der Waals surface area contributed by atoms with Crippen LogP contribution in [0.25, 0.3) is 0 Å². The van der Waals surface area contributed by atoms with Crippen LogP contribution in [0.4, 0.5) is 0 Å². The third-order valence-electron chi connectivity index (χ3n) is 3.37. The van der Waals surface area contributed by atoms with E-state index in [1.54, 1.807) is 0 Å². The Kier molecular flexibility index (Phi) is 4.71. The van der Waals surface area contributed by atoms with E-state index >= 15 is 0 Å². The minimum atomic E-state index is -0.185. The van der Waals surface area contributed by atoms with E-state index in [-0.39, 0.29) is 19.3 Å². The molecule has 0 aliphatic carbocycles. The molecule has 1 aliphatic rings. The van der Waals surface area contributed by atoms with Crippen molar-refractivity contribution in [2.75, 3.05) is 13.4 Å². The first-order valence-electron chi connectivity index (χ1n) is 7.16. The Balaban J connectivity index is 1.50. The fourth-order valence-corrected chi connectivity index (χ4v) is 2.78. The Morgan fingerprint density at radius 1 is 1.22 bits per heavy atom. The molecule has 0 aromatic heterocycles. The van der Waals surface area contributed by atoms with E-state index in [1.807, 2.05) is 43.3 Å². The van der Waals surface area contributed by atoms with Gasteiger partial charge in [0, 0.05) is 6.54 Å². The lowest BCUT2D eigenvalue weighted by Gasteiger charge is -2.09. The molecule has 1 heterocycles. The van der Waals surface area contributed by atoms with Crippen molar-refractivity contribution in [3.63, 3.8) is 0 Å². The van der Waals surface area contributed by atoms with Crippen LogP contribution in [0.3, 0.4) is 0 Å². The van der Waals surface area contributed by atoms with Crippen molar-refractivity contribution in [1.29, 1.82) is 0 Å². The molecule has 5 nitrogen and oxygen atoms in total. The highest BCUT2D eigenvalue weighted by Crippen LogP contribution is 2.32. The van der Waals surface area contributed by atoms with Crippen LogP contribution < -0.4 is 19.5 Å². The van der Waals surface area contributed by atoms with Crippen molar-refractivity contribution in [2.24, 2.45) is 0 Å². The van der Waals surface area contributed by atoms with Crippen molar-refractivity contribution >= 4 is 21.8 Å². The monoisotopic (exact) mass is 377 g/mol. The van der Waals surface area contributed by atoms with E-state index in [2.05, 4.69) is 21.2 Å². The largest absolute Gasteiger partial charge is 0.483 e. The number of amides is 1. The van der Waals surface area contributed by atoms with Gasteiger partial charge in [0.25, 0.3) is 5.91 Å². The van der Waals surface area contributed by atoms with Crippen LogP contribution in [-0.4, -0.2) is 19.3 Å². The van der Waals surface area contributed by atoms with Gasteiger partial charge in [-0.15, -0.1) is 0 Å². The molecule has 0 saturated carbocycles. The molecule has 1 amide bonds. The number of hydrogen-bond acceptors (Lipinski definition) is 4. The SMILES string of the molecule is Cc1ccc(OCC(=O)NCc2ccc3c(c2)OCO3)c(Br)c1. The Bertz CT molecular complexity index is 733. The number of carbonyl (C=O) groups is 1. The van der Waals surface area contributed by atoms with Crippen LogP contribution in [0, 0.1) is 6.92 Å². The minimum absolute atomic E-state index is 0.0355. The zero-order chi connectivity index (χ0) is 16.2. The van der Waals surface area contributed by atoms with Crippen LogP contribution in [0.1, 0.15) is 11.1 Å². The van der Waals surface area contributed by atoms with Crippen LogP contribution in [0.5, 0.6) is 17.2 Å². The van der Waals surface area contributed by atoms with Crippen molar-refractivity contribution in [3.05, 3.63) is 52.0 Å². The number of rotatable bonds is 5. The Labute approximate surface area is 142 Å². The smallest absolute Gasteiger partial charge is 0.258 e. The standard InChI is InChI=1S/C17H16BrNO4/c1-11-2-4-14(13(18)6-11)21-9-17(20)19-8-12-3-5-15-16(7-12)23-10-22-15/h2-7H,8-10H2,1H3,(H,19,20). The van der Waals surface area contributed by atoms with E-state index in [1.165, 1.54) is 0 Å². The number of benzene rings is 2. The Morgan fingerprint density at radius 3 is 2.87 bits per heavy atom. The number of ether oxygens (including phenoxy) is 3. The molecule has 0 fully saturated rings. The van der Waals surface area contributed by atoms with Crippen molar-refractivity contribution in [3.8, 4) is 17.2 Å². The summed E-state index contributed by atoms with van der Waals surface area (Å²) in [6.45, 7) is 2.61. The molecule has 0 bridgehead atoms. The summed E-state index contributed by atoms with van der Waals surface area (Å²) >= 11 is 3.42. The van der Waals surface area contributed by atoms with Gasteiger partial charge in [0.15, 0.2) is 18.1 Å². The van der Waals surface area contributed by atoms with Crippen LogP contribution >= 0.6 is 15.9 Å². The third kappa shape index (κ3) is 3.96. The number of fused-ring (bicyclic) bond motifs is 1. The molecule has 1 N–H and O–H groups in total. The van der Waals surface area contributed by atoms with E-state index < -0.39 is 0 Å². The Hall–Kier alpha value is -2.21. The molecule has 6 heteroatoms. The zero-order valence-electron chi connectivity index (χ0n) is 12.6. The first kappa shape index (κ1) is 15.7. The predicted octanol–water partition coefficient (Wildman–Crippen LogP) is 3.18. The fourth-order valence-electron chi connectivity index (χ4n) is 2.17. The highest BCUT2D eigenvalue weighted by atomic mass is 79.9. The quantitative estimate of drug-likeness (QED) is 0.869. The van der Waals surface area contributed by atoms with Gasteiger partial charge in [-0.1, -0.05) is 12.1 Å². The van der Waals surface area contributed by atoms with Gasteiger partial charge in [-0.2, -0.15) is 0 Å². The van der Waals surface area contributed by atoms with Crippen LogP contribution in [-0.2, 0) is 11.3 Å². The number of hydrogen-bond donors (Lipinski definition) is 1. The predicted molar refractivity (Wildman–Crippen MR) is 88.8 cm³/mol. The molecular weight excluding hydrogens is 362 g/mol. The summed E-state index contributed by atoms with van der Waals surface area (Å²) in [7, 11) is 0. The van der Waals surface area contributed by atoms with Gasteiger partial charge >= 0.3 is 0 Å². The molecule has 0 atom stereocenters. The van der Waals surface area contributed by atoms with Gasteiger partial charge in [-0.05, 0) is 58.2 Å². The maximum atomic E-state index is 11.9. The summed E-state index contributed by atoms with van der Waals surface area (Å²) in [6.07, 6.45) is 0. The fraction of sp³-hybridized carbons (Fsp3) is 0.235. The molecule has 120 valence electrons. The first-order valence-corrected chi connectivity index (χ1v) is 7.95. The van der Waals surface area contributed by atoms with Gasteiger partial charge < -0.3 is 19.5 Å². The summed E-state index contributed by atoms with van der Waals surface area (Å²) in [5, 5.41) is 2.82. The molecule has 1 aliphatic heterocycles. The lowest BCUT2D eigenvalue weighted by atomic mass is 10.2. The molecule has 3 rings (SSSR count). The second kappa shape index (κ2) is 6.91. The highest BCUT2D eigenvalue weighted by Gasteiger charge is 2.13. The van der Waals surface area contributed by atoms with Crippen molar-refractivity contribution < 1.29 is 19.0 Å². The third-order valence-corrected chi connectivity index (χ3v) is 3.99. The molecule has 2 aromatic carbocycles. The van der Waals surface area contributed by atoms with Crippen LogP contribution in [0.15, 0.2) is 40.9 Å². The molecule has 0 radical (unpaired) electrons. The maximum Gasteiger partial charge on any atom is 0.258 e. The summed E-state index contributed by atoms with van der Waals surface area (Å²) in [4.78, 5) is 11.9. The lowest BCUT2D eigenvalue weighted by Crippen LogP contribution is -2.28. The number of nitrogens with one attached hydrogen (secondary N) is 1. The number of carbonyl (C=O) groups excluding carboxylic acids is 1. The molecule has 0 saturated heterocycles. The second-order valence-corrected chi connectivity index (χ2v) is 6.04. The minimum Gasteiger partial charge on any atom is -0.483 e. The molecule has 2 aromatic rings. The molecule has 0 unspecified atom stereocenters. The lowest BCUT2D eigenvalue weighted by molar-refractivity contribution is -0.123. The van der Waals surface area contributed by atoms with Crippen molar-refractivity contribution in [1.82, 2.24) is 5.32 Å². The molecule has 23 heavy (non-hydrogen) atoms. The van der Waals surface area contributed by atoms with Gasteiger partial charge in [0.1, 0.15) is 5.75 Å². The summed E-state index contributed by atoms with van der Waals surface area (Å²) in [5.41, 5.74) is 2.07. The van der Waals surface area contributed by atoms with E-state index in [0.717, 1.165) is 21.3 Å². The van der Waals surface area contributed by atoms with E-state index in [0.29, 0.717) is 18.0 Å². The normalized spacial score (nSPS) is 12.1. The second-order valence-electron chi connectivity index (χ2n) is 5.19. The average Bonchev–Trinajstić information content (AvgIpc) is 2.99. The number of halogens is 1. The summed E-state index contributed by atoms with van der Waals surface area (Å²) in [6, 6.07) is 11.3. The van der Waals surface area contributed by atoms with E-state index in [9.17, 15) is 4.79 Å². The zero-order valence-corrected chi connectivity index (χ0v) is 14.2. The first-order chi connectivity index (χ1) is 11.1. The topological polar surface area (TPSA) is 56.8 Å². The average molecular weight is 378 g/mol. The maximum absolute atomic E-state index is 11.9. The molecule has 0 spiro atoms. The number of aryl methyl sites for hydroxylation is 1.